The van der Waals surface area contributed by atoms with E-state index in [1.165, 1.54) is 5.56 Å². The summed E-state index contributed by atoms with van der Waals surface area (Å²) in [4.78, 5) is 4.58. The van der Waals surface area contributed by atoms with Gasteiger partial charge in [-0.3, -0.25) is 0 Å². The Hall–Kier alpha value is -1.68. The molecule has 0 amide bonds. The van der Waals surface area contributed by atoms with Gasteiger partial charge >= 0.3 is 0 Å². The first-order valence-corrected chi connectivity index (χ1v) is 6.34. The van der Waals surface area contributed by atoms with Crippen LogP contribution in [0.15, 0.2) is 24.3 Å². The maximum Gasteiger partial charge on any atom is 0.152 e. The van der Waals surface area contributed by atoms with Crippen molar-refractivity contribution >= 4 is 0 Å². The first-order chi connectivity index (χ1) is 8.61. The molecule has 0 saturated heterocycles. The normalized spacial score (nSPS) is 11.2. The lowest BCUT2D eigenvalue weighted by molar-refractivity contribution is 0.712. The van der Waals surface area contributed by atoms with E-state index in [9.17, 15) is 0 Å². The quantitative estimate of drug-likeness (QED) is 0.897. The van der Waals surface area contributed by atoms with Crippen molar-refractivity contribution in [3.05, 3.63) is 41.5 Å². The molecule has 4 nitrogen and oxygen atoms in total. The zero-order valence-corrected chi connectivity index (χ0v) is 11.2. The SMILES string of the molecule is Cc1cccc(-n2nc(CCN)nc2C(C)C)c1. The molecule has 0 aliphatic heterocycles. The molecular weight excluding hydrogens is 224 g/mol. The Kier molecular flexibility index (Phi) is 3.77. The summed E-state index contributed by atoms with van der Waals surface area (Å²) >= 11 is 0. The molecule has 0 bridgehead atoms. The maximum absolute atomic E-state index is 5.57. The molecule has 0 saturated carbocycles. The second kappa shape index (κ2) is 5.31. The predicted octanol–water partition coefficient (Wildman–Crippen LogP) is 2.20. The Balaban J connectivity index is 2.48. The van der Waals surface area contributed by atoms with Crippen molar-refractivity contribution in [2.45, 2.75) is 33.1 Å². The van der Waals surface area contributed by atoms with E-state index in [1.807, 2.05) is 10.7 Å². The van der Waals surface area contributed by atoms with Gasteiger partial charge in [0.15, 0.2) is 5.82 Å². The molecule has 0 spiro atoms. The minimum Gasteiger partial charge on any atom is -0.330 e. The zero-order chi connectivity index (χ0) is 13.1. The molecule has 0 radical (unpaired) electrons. The summed E-state index contributed by atoms with van der Waals surface area (Å²) in [7, 11) is 0. The molecule has 2 rings (SSSR count). The monoisotopic (exact) mass is 244 g/mol. The van der Waals surface area contributed by atoms with Crippen LogP contribution >= 0.6 is 0 Å². The van der Waals surface area contributed by atoms with Crippen LogP contribution in [0.5, 0.6) is 0 Å². The molecule has 0 aliphatic carbocycles. The van der Waals surface area contributed by atoms with Crippen molar-refractivity contribution in [3.8, 4) is 5.69 Å². The van der Waals surface area contributed by atoms with Crippen molar-refractivity contribution in [2.24, 2.45) is 5.73 Å². The van der Waals surface area contributed by atoms with Crippen LogP contribution in [0.4, 0.5) is 0 Å². The highest BCUT2D eigenvalue weighted by atomic mass is 15.4. The van der Waals surface area contributed by atoms with Gasteiger partial charge in [-0.15, -0.1) is 0 Å². The zero-order valence-electron chi connectivity index (χ0n) is 11.2. The number of nitrogens with two attached hydrogens (primary N) is 1. The average Bonchev–Trinajstić information content (AvgIpc) is 2.74. The molecule has 2 N–H and O–H groups in total. The molecule has 2 aromatic rings. The van der Waals surface area contributed by atoms with E-state index in [2.05, 4.69) is 49.1 Å². The second-order valence-corrected chi connectivity index (χ2v) is 4.83. The Labute approximate surface area is 108 Å². The second-order valence-electron chi connectivity index (χ2n) is 4.83. The van der Waals surface area contributed by atoms with Gasteiger partial charge in [0.1, 0.15) is 5.82 Å². The van der Waals surface area contributed by atoms with E-state index in [0.717, 1.165) is 23.8 Å². The minimum absolute atomic E-state index is 0.338. The number of benzene rings is 1. The Morgan fingerprint density at radius 3 is 2.72 bits per heavy atom. The van der Waals surface area contributed by atoms with E-state index in [1.54, 1.807) is 0 Å². The third-order valence-corrected chi connectivity index (χ3v) is 2.81. The largest absolute Gasteiger partial charge is 0.330 e. The molecule has 1 aromatic heterocycles. The third-order valence-electron chi connectivity index (χ3n) is 2.81. The molecular formula is C14H20N4. The molecule has 1 aromatic carbocycles. The van der Waals surface area contributed by atoms with E-state index >= 15 is 0 Å². The van der Waals surface area contributed by atoms with Crippen LogP contribution < -0.4 is 5.73 Å². The van der Waals surface area contributed by atoms with Crippen molar-refractivity contribution in [1.29, 1.82) is 0 Å². The number of aryl methyl sites for hydroxylation is 1. The van der Waals surface area contributed by atoms with Crippen LogP contribution in [0, 0.1) is 6.92 Å². The van der Waals surface area contributed by atoms with Crippen LogP contribution in [0.1, 0.15) is 37.0 Å². The summed E-state index contributed by atoms with van der Waals surface area (Å²) in [6.07, 6.45) is 0.721. The smallest absolute Gasteiger partial charge is 0.152 e. The van der Waals surface area contributed by atoms with E-state index < -0.39 is 0 Å². The fourth-order valence-electron chi connectivity index (χ4n) is 1.93. The fraction of sp³-hybridized carbons (Fsp3) is 0.429. The standard InChI is InChI=1S/C14H20N4/c1-10(2)14-16-13(7-8-15)17-18(14)12-6-4-5-11(3)9-12/h4-6,9-10H,7-8,15H2,1-3H3. The summed E-state index contributed by atoms with van der Waals surface area (Å²) in [5, 5.41) is 4.56. The average molecular weight is 244 g/mol. The highest BCUT2D eigenvalue weighted by Crippen LogP contribution is 2.18. The van der Waals surface area contributed by atoms with Gasteiger partial charge in [-0.25, -0.2) is 9.67 Å². The lowest BCUT2D eigenvalue weighted by Crippen LogP contribution is -2.05. The summed E-state index contributed by atoms with van der Waals surface area (Å²) in [5.41, 5.74) is 7.85. The van der Waals surface area contributed by atoms with E-state index in [0.29, 0.717) is 12.5 Å². The van der Waals surface area contributed by atoms with E-state index in [-0.39, 0.29) is 0 Å². The Morgan fingerprint density at radius 1 is 1.33 bits per heavy atom. The molecule has 0 unspecified atom stereocenters. The lowest BCUT2D eigenvalue weighted by Gasteiger charge is -2.08. The molecule has 4 heteroatoms. The molecule has 0 fully saturated rings. The minimum atomic E-state index is 0.338. The predicted molar refractivity (Wildman–Crippen MR) is 72.9 cm³/mol. The van der Waals surface area contributed by atoms with Crippen molar-refractivity contribution in [2.75, 3.05) is 6.54 Å². The highest BCUT2D eigenvalue weighted by Gasteiger charge is 2.14. The summed E-state index contributed by atoms with van der Waals surface area (Å²) in [6, 6.07) is 8.29. The van der Waals surface area contributed by atoms with Gasteiger partial charge in [0, 0.05) is 12.3 Å². The summed E-state index contributed by atoms with van der Waals surface area (Å²) < 4.78 is 1.93. The number of rotatable bonds is 4. The van der Waals surface area contributed by atoms with Gasteiger partial charge in [0.2, 0.25) is 0 Å². The number of aromatic nitrogens is 3. The van der Waals surface area contributed by atoms with Gasteiger partial charge in [-0.1, -0.05) is 26.0 Å². The summed E-state index contributed by atoms with van der Waals surface area (Å²) in [6.45, 7) is 6.91. The molecule has 18 heavy (non-hydrogen) atoms. The van der Waals surface area contributed by atoms with Gasteiger partial charge in [0.05, 0.1) is 5.69 Å². The van der Waals surface area contributed by atoms with Gasteiger partial charge in [0.25, 0.3) is 0 Å². The van der Waals surface area contributed by atoms with Crippen molar-refractivity contribution in [3.63, 3.8) is 0 Å². The topological polar surface area (TPSA) is 56.7 Å². The van der Waals surface area contributed by atoms with Crippen LogP contribution in [0.3, 0.4) is 0 Å². The molecule has 0 aliphatic rings. The Morgan fingerprint density at radius 2 is 2.11 bits per heavy atom. The lowest BCUT2D eigenvalue weighted by atomic mass is 10.2. The number of hydrogen-bond donors (Lipinski definition) is 1. The van der Waals surface area contributed by atoms with E-state index in [4.69, 9.17) is 5.73 Å². The summed E-state index contributed by atoms with van der Waals surface area (Å²) in [5.74, 6) is 2.15. The Bertz CT molecular complexity index is 528. The first kappa shape index (κ1) is 12.8. The van der Waals surface area contributed by atoms with Gasteiger partial charge in [-0.2, -0.15) is 5.10 Å². The van der Waals surface area contributed by atoms with Crippen molar-refractivity contribution in [1.82, 2.24) is 14.8 Å². The molecule has 0 atom stereocenters. The van der Waals surface area contributed by atoms with Crippen LogP contribution in [0.2, 0.25) is 0 Å². The maximum atomic E-state index is 5.57. The molecule has 1 heterocycles. The fourth-order valence-corrected chi connectivity index (χ4v) is 1.93. The number of hydrogen-bond acceptors (Lipinski definition) is 3. The van der Waals surface area contributed by atoms with Crippen LogP contribution in [-0.4, -0.2) is 21.3 Å². The first-order valence-electron chi connectivity index (χ1n) is 6.34. The van der Waals surface area contributed by atoms with Crippen LogP contribution in [0.25, 0.3) is 5.69 Å². The van der Waals surface area contributed by atoms with Gasteiger partial charge in [-0.05, 0) is 31.2 Å². The highest BCUT2D eigenvalue weighted by molar-refractivity contribution is 5.35. The molecule has 96 valence electrons. The van der Waals surface area contributed by atoms with Crippen molar-refractivity contribution < 1.29 is 0 Å². The van der Waals surface area contributed by atoms with Crippen LogP contribution in [-0.2, 0) is 6.42 Å². The third kappa shape index (κ3) is 2.59. The number of nitrogens with zero attached hydrogens (tertiary/aromatic N) is 3. The van der Waals surface area contributed by atoms with Gasteiger partial charge < -0.3 is 5.73 Å².